The van der Waals surface area contributed by atoms with E-state index in [2.05, 4.69) is 19.0 Å². The minimum atomic E-state index is 0.418. The van der Waals surface area contributed by atoms with Crippen LogP contribution < -0.4 is 24.4 Å². The molecule has 1 fully saturated rings. The molecule has 2 heterocycles. The highest BCUT2D eigenvalue weighted by molar-refractivity contribution is 6.99. The molecule has 1 aliphatic heterocycles. The van der Waals surface area contributed by atoms with Crippen LogP contribution in [0.15, 0.2) is 24.3 Å². The normalized spacial score (nSPS) is 14.6. The topological polar surface area (TPSA) is 68.7 Å². The maximum Gasteiger partial charge on any atom is 0.270 e. The summed E-state index contributed by atoms with van der Waals surface area (Å²) in [5.74, 6) is 2.95. The first-order chi connectivity index (χ1) is 11.4. The summed E-state index contributed by atoms with van der Waals surface area (Å²) < 4.78 is 25.1. The predicted octanol–water partition coefficient (Wildman–Crippen LogP) is 1.41. The van der Waals surface area contributed by atoms with Crippen molar-refractivity contribution in [1.82, 2.24) is 14.1 Å². The van der Waals surface area contributed by atoms with Crippen molar-refractivity contribution >= 4 is 17.5 Å². The quantitative estimate of drug-likeness (QED) is 0.767. The number of benzene rings is 1. The number of ether oxygens (including phenoxy) is 3. The molecular formula is C15H20N4O3S. The molecule has 0 saturated carbocycles. The Morgan fingerprint density at radius 3 is 2.74 bits per heavy atom. The zero-order valence-electron chi connectivity index (χ0n) is 13.0. The van der Waals surface area contributed by atoms with Crippen LogP contribution in [0.1, 0.15) is 0 Å². The number of aromatic nitrogens is 2. The average molecular weight is 336 g/mol. The highest BCUT2D eigenvalue weighted by Gasteiger charge is 2.19. The first kappa shape index (κ1) is 15.8. The van der Waals surface area contributed by atoms with E-state index in [0.717, 1.165) is 43.5 Å². The molecular weight excluding hydrogens is 316 g/mol. The van der Waals surface area contributed by atoms with Gasteiger partial charge >= 0.3 is 0 Å². The SMILES string of the molecule is COc1cccc(OCCOc2nsnc2N2CCNCC2)c1. The van der Waals surface area contributed by atoms with E-state index in [1.807, 2.05) is 24.3 Å². The zero-order valence-corrected chi connectivity index (χ0v) is 13.8. The number of hydrogen-bond acceptors (Lipinski definition) is 8. The van der Waals surface area contributed by atoms with Crippen LogP contribution in [0.2, 0.25) is 0 Å². The summed E-state index contributed by atoms with van der Waals surface area (Å²) in [6, 6.07) is 7.50. The second-order valence-electron chi connectivity index (χ2n) is 5.01. The minimum absolute atomic E-state index is 0.418. The summed E-state index contributed by atoms with van der Waals surface area (Å²) in [6.45, 7) is 4.60. The molecule has 0 unspecified atom stereocenters. The van der Waals surface area contributed by atoms with E-state index >= 15 is 0 Å². The Balaban J connectivity index is 1.48. The van der Waals surface area contributed by atoms with Gasteiger partial charge in [0.1, 0.15) is 24.7 Å². The lowest BCUT2D eigenvalue weighted by molar-refractivity contribution is 0.212. The molecule has 0 aliphatic carbocycles. The Morgan fingerprint density at radius 2 is 1.91 bits per heavy atom. The molecule has 0 atom stereocenters. The first-order valence-corrected chi connectivity index (χ1v) is 8.28. The smallest absolute Gasteiger partial charge is 0.270 e. The molecule has 8 heteroatoms. The van der Waals surface area contributed by atoms with Crippen LogP contribution in [-0.4, -0.2) is 55.2 Å². The van der Waals surface area contributed by atoms with Gasteiger partial charge in [0.2, 0.25) is 5.82 Å². The summed E-state index contributed by atoms with van der Waals surface area (Å²) in [6.07, 6.45) is 0. The molecule has 0 amide bonds. The van der Waals surface area contributed by atoms with Gasteiger partial charge in [0.05, 0.1) is 18.8 Å². The van der Waals surface area contributed by atoms with Crippen LogP contribution in [0.3, 0.4) is 0 Å². The minimum Gasteiger partial charge on any atom is -0.497 e. The molecule has 0 spiro atoms. The predicted molar refractivity (Wildman–Crippen MR) is 89.0 cm³/mol. The van der Waals surface area contributed by atoms with Gasteiger partial charge in [-0.1, -0.05) is 6.07 Å². The van der Waals surface area contributed by atoms with Gasteiger partial charge in [0, 0.05) is 32.2 Å². The van der Waals surface area contributed by atoms with Crippen molar-refractivity contribution in [3.8, 4) is 17.4 Å². The van der Waals surface area contributed by atoms with E-state index in [0.29, 0.717) is 19.1 Å². The van der Waals surface area contributed by atoms with E-state index in [1.165, 1.54) is 11.7 Å². The summed E-state index contributed by atoms with van der Waals surface area (Å²) in [5.41, 5.74) is 0. The van der Waals surface area contributed by atoms with E-state index in [9.17, 15) is 0 Å². The highest BCUT2D eigenvalue weighted by atomic mass is 32.1. The van der Waals surface area contributed by atoms with Crippen molar-refractivity contribution in [2.45, 2.75) is 0 Å². The van der Waals surface area contributed by atoms with E-state index < -0.39 is 0 Å². The summed E-state index contributed by atoms with van der Waals surface area (Å²) >= 11 is 1.17. The average Bonchev–Trinajstić information content (AvgIpc) is 3.08. The van der Waals surface area contributed by atoms with E-state index in [4.69, 9.17) is 14.2 Å². The Hall–Kier alpha value is -2.06. The molecule has 7 nitrogen and oxygen atoms in total. The molecule has 124 valence electrons. The Morgan fingerprint density at radius 1 is 1.13 bits per heavy atom. The van der Waals surface area contributed by atoms with Gasteiger partial charge in [-0.3, -0.25) is 0 Å². The van der Waals surface area contributed by atoms with Gasteiger partial charge in [-0.05, 0) is 12.1 Å². The molecule has 1 aliphatic rings. The maximum absolute atomic E-state index is 5.73. The summed E-state index contributed by atoms with van der Waals surface area (Å²) in [4.78, 5) is 2.19. The van der Waals surface area contributed by atoms with Crippen molar-refractivity contribution < 1.29 is 14.2 Å². The fraction of sp³-hybridized carbons (Fsp3) is 0.467. The lowest BCUT2D eigenvalue weighted by Crippen LogP contribution is -2.43. The fourth-order valence-corrected chi connectivity index (χ4v) is 2.85. The van der Waals surface area contributed by atoms with Gasteiger partial charge in [-0.15, -0.1) is 4.37 Å². The highest BCUT2D eigenvalue weighted by Crippen LogP contribution is 2.25. The van der Waals surface area contributed by atoms with Gasteiger partial charge < -0.3 is 24.4 Å². The van der Waals surface area contributed by atoms with Crippen LogP contribution in [0.25, 0.3) is 0 Å². The summed E-state index contributed by atoms with van der Waals surface area (Å²) in [5, 5.41) is 3.32. The molecule has 3 rings (SSSR count). The number of rotatable bonds is 7. The number of hydrogen-bond donors (Lipinski definition) is 1. The third kappa shape index (κ3) is 4.23. The Bertz CT molecular complexity index is 616. The van der Waals surface area contributed by atoms with Crippen molar-refractivity contribution in [2.75, 3.05) is 51.4 Å². The molecule has 1 aromatic carbocycles. The molecule has 0 bridgehead atoms. The van der Waals surface area contributed by atoms with Gasteiger partial charge in [0.15, 0.2) is 0 Å². The van der Waals surface area contributed by atoms with Crippen LogP contribution >= 0.6 is 11.7 Å². The summed E-state index contributed by atoms with van der Waals surface area (Å²) in [7, 11) is 1.63. The van der Waals surface area contributed by atoms with Crippen LogP contribution in [-0.2, 0) is 0 Å². The number of anilines is 1. The monoisotopic (exact) mass is 336 g/mol. The zero-order chi connectivity index (χ0) is 15.9. The second kappa shape index (κ2) is 7.98. The van der Waals surface area contributed by atoms with Crippen molar-refractivity contribution in [3.63, 3.8) is 0 Å². The first-order valence-electron chi connectivity index (χ1n) is 7.54. The third-order valence-corrected chi connectivity index (χ3v) is 3.99. The molecule has 0 radical (unpaired) electrons. The van der Waals surface area contributed by atoms with Crippen LogP contribution in [0.5, 0.6) is 17.4 Å². The van der Waals surface area contributed by atoms with Gasteiger partial charge in [0.25, 0.3) is 5.88 Å². The number of methoxy groups -OCH3 is 1. The Kier molecular flexibility index (Phi) is 5.49. The molecule has 2 aromatic rings. The van der Waals surface area contributed by atoms with Crippen LogP contribution in [0, 0.1) is 0 Å². The van der Waals surface area contributed by atoms with Gasteiger partial charge in [-0.2, -0.15) is 4.37 Å². The third-order valence-electron chi connectivity index (χ3n) is 3.49. The van der Waals surface area contributed by atoms with E-state index in [1.54, 1.807) is 7.11 Å². The van der Waals surface area contributed by atoms with Crippen LogP contribution in [0.4, 0.5) is 5.82 Å². The van der Waals surface area contributed by atoms with Crippen molar-refractivity contribution in [3.05, 3.63) is 24.3 Å². The van der Waals surface area contributed by atoms with E-state index in [-0.39, 0.29) is 0 Å². The second-order valence-corrected chi connectivity index (χ2v) is 5.53. The molecule has 1 saturated heterocycles. The van der Waals surface area contributed by atoms with Crippen molar-refractivity contribution in [1.29, 1.82) is 0 Å². The van der Waals surface area contributed by atoms with Crippen molar-refractivity contribution in [2.24, 2.45) is 0 Å². The number of nitrogens with zero attached hydrogens (tertiary/aromatic N) is 3. The fourth-order valence-electron chi connectivity index (χ4n) is 2.33. The molecule has 1 aromatic heterocycles. The number of nitrogens with one attached hydrogen (secondary N) is 1. The largest absolute Gasteiger partial charge is 0.497 e. The maximum atomic E-state index is 5.73. The lowest BCUT2D eigenvalue weighted by Gasteiger charge is -2.27. The lowest BCUT2D eigenvalue weighted by atomic mass is 10.3. The molecule has 23 heavy (non-hydrogen) atoms. The Labute approximate surface area is 139 Å². The standard InChI is InChI=1S/C15H20N4O3S/c1-20-12-3-2-4-13(11-12)21-9-10-22-15-14(17-23-18-15)19-7-5-16-6-8-19/h2-4,11,16H,5-10H2,1H3. The van der Waals surface area contributed by atoms with Gasteiger partial charge in [-0.25, -0.2) is 0 Å². The molecule has 1 N–H and O–H groups in total. The number of piperazine rings is 1.